The van der Waals surface area contributed by atoms with E-state index in [0.717, 1.165) is 49.0 Å². The van der Waals surface area contributed by atoms with Crippen LogP contribution in [-0.4, -0.2) is 30.1 Å². The zero-order valence-electron chi connectivity index (χ0n) is 16.5. The van der Waals surface area contributed by atoms with Crippen LogP contribution in [0.15, 0.2) is 29.3 Å². The summed E-state index contributed by atoms with van der Waals surface area (Å²) in [4.78, 5) is 27.4. The van der Waals surface area contributed by atoms with Crippen LogP contribution in [0.4, 0.5) is 5.82 Å². The smallest absolute Gasteiger partial charge is 0.331 e. The molecule has 2 saturated carbocycles. The number of anilines is 1. The van der Waals surface area contributed by atoms with Gasteiger partial charge in [-0.2, -0.15) is 0 Å². The van der Waals surface area contributed by atoms with Gasteiger partial charge in [-0.05, 0) is 55.7 Å². The van der Waals surface area contributed by atoms with Crippen LogP contribution < -0.4 is 11.0 Å². The molecular formula is C22H26N6O. The van der Waals surface area contributed by atoms with Crippen LogP contribution in [0.25, 0.3) is 11.5 Å². The maximum absolute atomic E-state index is 13.4. The van der Waals surface area contributed by atoms with Crippen LogP contribution in [0.1, 0.15) is 55.8 Å². The number of nitrogens with zero attached hydrogens (tertiary/aromatic N) is 5. The Balaban J connectivity index is 1.41. The van der Waals surface area contributed by atoms with Crippen LogP contribution in [-0.2, 0) is 19.5 Å². The Kier molecular flexibility index (Phi) is 3.96. The molecule has 0 aromatic carbocycles. The molecule has 6 rings (SSSR count). The van der Waals surface area contributed by atoms with Gasteiger partial charge in [0.1, 0.15) is 17.3 Å². The van der Waals surface area contributed by atoms with Crippen molar-refractivity contribution >= 4 is 5.82 Å². The maximum atomic E-state index is 13.4. The fourth-order valence-corrected chi connectivity index (χ4v) is 4.94. The molecule has 1 N–H and O–H groups in total. The molecule has 3 aliphatic heterocycles. The average Bonchev–Trinajstić information content (AvgIpc) is 3.15. The second-order valence-corrected chi connectivity index (χ2v) is 8.93. The third-order valence-electron chi connectivity index (χ3n) is 6.70. The van der Waals surface area contributed by atoms with E-state index < -0.39 is 0 Å². The van der Waals surface area contributed by atoms with Crippen molar-refractivity contribution in [1.29, 1.82) is 0 Å². The third-order valence-corrected chi connectivity index (χ3v) is 6.70. The highest BCUT2D eigenvalue weighted by atomic mass is 16.1. The summed E-state index contributed by atoms with van der Waals surface area (Å²) in [6.07, 6.45) is 11.8. The molecule has 0 radical (unpaired) electrons. The number of hydrogen-bond donors (Lipinski definition) is 1. The molecule has 2 fully saturated rings. The molecule has 7 nitrogen and oxygen atoms in total. The molecule has 0 spiro atoms. The molecule has 1 aromatic heterocycles. The van der Waals surface area contributed by atoms with Crippen molar-refractivity contribution in [3.8, 4) is 11.5 Å². The van der Waals surface area contributed by atoms with E-state index in [9.17, 15) is 4.79 Å². The quantitative estimate of drug-likeness (QED) is 0.725. The number of pyridine rings is 1. The van der Waals surface area contributed by atoms with Crippen molar-refractivity contribution in [3.05, 3.63) is 46.4 Å². The third kappa shape index (κ3) is 3.03. The van der Waals surface area contributed by atoms with E-state index in [0.29, 0.717) is 18.4 Å². The van der Waals surface area contributed by atoms with Gasteiger partial charge in [0.15, 0.2) is 5.82 Å². The van der Waals surface area contributed by atoms with Crippen molar-refractivity contribution in [2.75, 3.05) is 5.32 Å². The van der Waals surface area contributed by atoms with Crippen LogP contribution in [0.2, 0.25) is 0 Å². The first-order chi connectivity index (χ1) is 14.3. The minimum absolute atomic E-state index is 0.0574. The van der Waals surface area contributed by atoms with E-state index in [1.165, 1.54) is 31.2 Å². The Bertz CT molecular complexity index is 1060. The maximum Gasteiger partial charge on any atom is 0.331 e. The molecule has 7 heteroatoms. The van der Waals surface area contributed by atoms with Crippen molar-refractivity contribution in [1.82, 2.24) is 24.1 Å². The number of imidazole rings is 1. The Morgan fingerprint density at radius 1 is 1.07 bits per heavy atom. The van der Waals surface area contributed by atoms with E-state index >= 15 is 0 Å². The molecule has 150 valence electrons. The Hall–Kier alpha value is -2.70. The fourth-order valence-electron chi connectivity index (χ4n) is 4.94. The van der Waals surface area contributed by atoms with Gasteiger partial charge in [-0.3, -0.25) is 14.1 Å². The lowest BCUT2D eigenvalue weighted by atomic mass is 10.1. The Labute approximate surface area is 169 Å². The zero-order valence-corrected chi connectivity index (χ0v) is 16.5. The second-order valence-electron chi connectivity index (χ2n) is 8.93. The molecule has 4 heterocycles. The highest BCUT2D eigenvalue weighted by molar-refractivity contribution is 5.70. The number of aromatic nitrogens is 5. The lowest BCUT2D eigenvalue weighted by Crippen LogP contribution is -2.33. The summed E-state index contributed by atoms with van der Waals surface area (Å²) >= 11 is 0. The molecule has 0 saturated heterocycles. The average molecular weight is 390 g/mol. The van der Waals surface area contributed by atoms with Crippen molar-refractivity contribution < 1.29 is 0 Å². The lowest BCUT2D eigenvalue weighted by molar-refractivity contribution is 0.540. The van der Waals surface area contributed by atoms with Gasteiger partial charge < -0.3 is 5.32 Å². The normalized spacial score (nSPS) is 21.6. The predicted octanol–water partition coefficient (Wildman–Crippen LogP) is 3.04. The van der Waals surface area contributed by atoms with E-state index in [2.05, 4.69) is 10.3 Å². The Morgan fingerprint density at radius 2 is 1.86 bits per heavy atom. The summed E-state index contributed by atoms with van der Waals surface area (Å²) in [7, 11) is 0. The van der Waals surface area contributed by atoms with Gasteiger partial charge in [0.05, 0.1) is 0 Å². The number of fused-ring (bicyclic) bond motifs is 3. The predicted molar refractivity (Wildman–Crippen MR) is 110 cm³/mol. The summed E-state index contributed by atoms with van der Waals surface area (Å²) in [5, 5.41) is 3.59. The first-order valence-corrected chi connectivity index (χ1v) is 10.9. The largest absolute Gasteiger partial charge is 0.365 e. The molecule has 5 aliphatic rings. The highest BCUT2D eigenvalue weighted by Crippen LogP contribution is 2.38. The lowest BCUT2D eigenvalue weighted by Gasteiger charge is -2.14. The SMILES string of the molecule is O=c1n(CC2CC2)c2nc(C3CCCC3)nc-2c2n1CC(Cc1ccncc1)N2. The van der Waals surface area contributed by atoms with Gasteiger partial charge in [0, 0.05) is 37.4 Å². The summed E-state index contributed by atoms with van der Waals surface area (Å²) < 4.78 is 3.79. The van der Waals surface area contributed by atoms with Crippen molar-refractivity contribution in [3.63, 3.8) is 0 Å². The molecule has 29 heavy (non-hydrogen) atoms. The summed E-state index contributed by atoms with van der Waals surface area (Å²) in [6, 6.07) is 4.25. The number of hydrogen-bond acceptors (Lipinski definition) is 5. The zero-order chi connectivity index (χ0) is 19.4. The van der Waals surface area contributed by atoms with Crippen LogP contribution in [0.3, 0.4) is 0 Å². The number of nitrogens with one attached hydrogen (secondary N) is 1. The second kappa shape index (κ2) is 6.68. The van der Waals surface area contributed by atoms with E-state index in [1.54, 1.807) is 0 Å². The van der Waals surface area contributed by atoms with Crippen molar-refractivity contribution in [2.45, 2.75) is 70.0 Å². The van der Waals surface area contributed by atoms with Crippen molar-refractivity contribution in [2.24, 2.45) is 5.92 Å². The van der Waals surface area contributed by atoms with Gasteiger partial charge in [0.25, 0.3) is 0 Å². The molecule has 1 unspecified atom stereocenters. The van der Waals surface area contributed by atoms with Gasteiger partial charge in [-0.25, -0.2) is 14.8 Å². The van der Waals surface area contributed by atoms with E-state index in [4.69, 9.17) is 9.97 Å². The minimum Gasteiger partial charge on any atom is -0.365 e. The first kappa shape index (κ1) is 17.2. The van der Waals surface area contributed by atoms with Gasteiger partial charge in [-0.15, -0.1) is 0 Å². The monoisotopic (exact) mass is 390 g/mol. The van der Waals surface area contributed by atoms with Crippen LogP contribution in [0.5, 0.6) is 0 Å². The minimum atomic E-state index is 0.0574. The van der Waals surface area contributed by atoms with E-state index in [1.807, 2.05) is 33.7 Å². The molecule has 1 aromatic rings. The van der Waals surface area contributed by atoms with Crippen LogP contribution >= 0.6 is 0 Å². The topological polar surface area (TPSA) is 77.6 Å². The van der Waals surface area contributed by atoms with Gasteiger partial charge in [0.2, 0.25) is 0 Å². The summed E-state index contributed by atoms with van der Waals surface area (Å²) in [5.74, 6) is 3.64. The molecule has 0 amide bonds. The van der Waals surface area contributed by atoms with Crippen LogP contribution in [0, 0.1) is 5.92 Å². The number of rotatable bonds is 5. The standard InChI is InChI=1S/C22H26N6O/c29-22-27(12-15-5-6-15)21-18(25-19(26-21)16-3-1-2-4-16)20-24-17(13-28(20)22)11-14-7-9-23-10-8-14/h7-10,15-17,24H,1-6,11-13H2. The molecule has 0 bridgehead atoms. The first-order valence-electron chi connectivity index (χ1n) is 10.9. The molecule has 1 atom stereocenters. The van der Waals surface area contributed by atoms with Gasteiger partial charge in [-0.1, -0.05) is 12.8 Å². The summed E-state index contributed by atoms with van der Waals surface area (Å²) in [6.45, 7) is 1.44. The molecule has 2 aliphatic carbocycles. The van der Waals surface area contributed by atoms with Gasteiger partial charge >= 0.3 is 5.69 Å². The fraction of sp³-hybridized carbons (Fsp3) is 0.545. The highest BCUT2D eigenvalue weighted by Gasteiger charge is 2.35. The van der Waals surface area contributed by atoms with E-state index in [-0.39, 0.29) is 11.7 Å². The molecular weight excluding hydrogens is 364 g/mol. The Morgan fingerprint density at radius 3 is 2.62 bits per heavy atom. The summed E-state index contributed by atoms with van der Waals surface area (Å²) in [5.41, 5.74) is 2.16.